The zero-order valence-electron chi connectivity index (χ0n) is 11.1. The summed E-state index contributed by atoms with van der Waals surface area (Å²) in [5, 5.41) is 3.35. The SMILES string of the molecule is CC1C(=O)Nc2c(Cl)cc(C(N)c3ccccc3)cc21. The lowest BCUT2D eigenvalue weighted by molar-refractivity contribution is -0.116. The third-order valence-corrected chi connectivity index (χ3v) is 4.07. The van der Waals surface area contributed by atoms with E-state index in [4.69, 9.17) is 17.3 Å². The van der Waals surface area contributed by atoms with Crippen LogP contribution >= 0.6 is 11.6 Å². The van der Waals surface area contributed by atoms with E-state index in [2.05, 4.69) is 5.32 Å². The summed E-state index contributed by atoms with van der Waals surface area (Å²) in [7, 11) is 0. The first kappa shape index (κ1) is 13.2. The summed E-state index contributed by atoms with van der Waals surface area (Å²) in [6.07, 6.45) is 0. The predicted octanol–water partition coefficient (Wildman–Crippen LogP) is 3.44. The summed E-state index contributed by atoms with van der Waals surface area (Å²) >= 11 is 6.27. The van der Waals surface area contributed by atoms with Crippen LogP contribution in [-0.4, -0.2) is 5.91 Å². The maximum atomic E-state index is 11.7. The maximum absolute atomic E-state index is 11.7. The monoisotopic (exact) mass is 286 g/mol. The van der Waals surface area contributed by atoms with Crippen molar-refractivity contribution >= 4 is 23.2 Å². The number of anilines is 1. The summed E-state index contributed by atoms with van der Waals surface area (Å²) in [6.45, 7) is 1.87. The molecule has 3 N–H and O–H groups in total. The van der Waals surface area contributed by atoms with E-state index >= 15 is 0 Å². The molecule has 0 aliphatic carbocycles. The highest BCUT2D eigenvalue weighted by Crippen LogP contribution is 2.40. The molecule has 4 heteroatoms. The molecule has 0 spiro atoms. The molecule has 1 aliphatic rings. The molecule has 2 unspecified atom stereocenters. The number of hydrogen-bond acceptors (Lipinski definition) is 2. The number of hydrogen-bond donors (Lipinski definition) is 2. The number of benzene rings is 2. The van der Waals surface area contributed by atoms with Crippen LogP contribution in [0.25, 0.3) is 0 Å². The molecule has 1 heterocycles. The zero-order chi connectivity index (χ0) is 14.3. The average Bonchev–Trinajstić information content (AvgIpc) is 2.76. The first-order chi connectivity index (χ1) is 9.58. The largest absolute Gasteiger partial charge is 0.324 e. The van der Waals surface area contributed by atoms with E-state index in [1.54, 1.807) is 0 Å². The van der Waals surface area contributed by atoms with E-state index in [9.17, 15) is 4.79 Å². The van der Waals surface area contributed by atoms with Gasteiger partial charge in [0.15, 0.2) is 0 Å². The topological polar surface area (TPSA) is 55.1 Å². The van der Waals surface area contributed by atoms with Crippen molar-refractivity contribution in [3.63, 3.8) is 0 Å². The van der Waals surface area contributed by atoms with Crippen molar-refractivity contribution in [1.29, 1.82) is 0 Å². The third kappa shape index (κ3) is 2.09. The Morgan fingerprint density at radius 2 is 1.90 bits per heavy atom. The van der Waals surface area contributed by atoms with Crippen molar-refractivity contribution in [1.82, 2.24) is 0 Å². The second-order valence-corrected chi connectivity index (χ2v) is 5.47. The molecule has 3 nitrogen and oxygen atoms in total. The van der Waals surface area contributed by atoms with Crippen molar-refractivity contribution in [2.24, 2.45) is 5.73 Å². The van der Waals surface area contributed by atoms with Gasteiger partial charge in [0.2, 0.25) is 5.91 Å². The summed E-state index contributed by atoms with van der Waals surface area (Å²) in [5.74, 6) is -0.210. The summed E-state index contributed by atoms with van der Waals surface area (Å²) in [4.78, 5) is 11.7. The van der Waals surface area contributed by atoms with Crippen LogP contribution in [-0.2, 0) is 4.79 Å². The first-order valence-electron chi connectivity index (χ1n) is 6.52. The van der Waals surface area contributed by atoms with Gasteiger partial charge in [0, 0.05) is 0 Å². The molecule has 0 radical (unpaired) electrons. The fraction of sp³-hybridized carbons (Fsp3) is 0.188. The summed E-state index contributed by atoms with van der Waals surface area (Å²) < 4.78 is 0. The van der Waals surface area contributed by atoms with Crippen LogP contribution < -0.4 is 11.1 Å². The van der Waals surface area contributed by atoms with Gasteiger partial charge >= 0.3 is 0 Å². The van der Waals surface area contributed by atoms with E-state index in [1.165, 1.54) is 0 Å². The van der Waals surface area contributed by atoms with Crippen molar-refractivity contribution in [3.8, 4) is 0 Å². The Bertz CT molecular complexity index is 670. The molecule has 3 rings (SSSR count). The molecule has 0 fully saturated rings. The van der Waals surface area contributed by atoms with Gasteiger partial charge in [-0.3, -0.25) is 4.79 Å². The minimum atomic E-state index is -0.248. The number of amides is 1. The number of fused-ring (bicyclic) bond motifs is 1. The number of halogens is 1. The second kappa shape index (κ2) is 4.93. The third-order valence-electron chi connectivity index (χ3n) is 3.77. The second-order valence-electron chi connectivity index (χ2n) is 5.07. The van der Waals surface area contributed by atoms with E-state index in [-0.39, 0.29) is 17.9 Å². The Hall–Kier alpha value is -1.84. The minimum absolute atomic E-state index is 0.0210. The molecule has 2 aromatic rings. The number of nitrogens with two attached hydrogens (primary N) is 1. The average molecular weight is 287 g/mol. The predicted molar refractivity (Wildman–Crippen MR) is 81.0 cm³/mol. The summed E-state index contributed by atoms with van der Waals surface area (Å²) in [6, 6.07) is 13.4. The van der Waals surface area contributed by atoms with Gasteiger partial charge < -0.3 is 11.1 Å². The lowest BCUT2D eigenvalue weighted by Gasteiger charge is -2.15. The standard InChI is InChI=1S/C16H15ClN2O/c1-9-12-7-11(8-13(17)15(12)19-16(9)20)14(18)10-5-3-2-4-6-10/h2-9,14H,18H2,1H3,(H,19,20). The van der Waals surface area contributed by atoms with Crippen molar-refractivity contribution in [3.05, 3.63) is 64.2 Å². The molecule has 0 bridgehead atoms. The Morgan fingerprint density at radius 1 is 1.20 bits per heavy atom. The molecule has 0 saturated heterocycles. The Labute approximate surface area is 122 Å². The van der Waals surface area contributed by atoms with Crippen LogP contribution in [0.15, 0.2) is 42.5 Å². The van der Waals surface area contributed by atoms with E-state index < -0.39 is 0 Å². The van der Waals surface area contributed by atoms with E-state index in [0.717, 1.165) is 16.7 Å². The number of carbonyl (C=O) groups is 1. The van der Waals surface area contributed by atoms with Crippen molar-refractivity contribution < 1.29 is 4.79 Å². The van der Waals surface area contributed by atoms with Gasteiger partial charge in [-0.1, -0.05) is 48.0 Å². The van der Waals surface area contributed by atoms with E-state index in [0.29, 0.717) is 10.7 Å². The highest BCUT2D eigenvalue weighted by atomic mass is 35.5. The minimum Gasteiger partial charge on any atom is -0.324 e. The normalized spacial score (nSPS) is 18.6. The van der Waals surface area contributed by atoms with Crippen LogP contribution in [0.5, 0.6) is 0 Å². The molecule has 102 valence electrons. The molecule has 1 aliphatic heterocycles. The first-order valence-corrected chi connectivity index (χ1v) is 6.90. The van der Waals surface area contributed by atoms with Gasteiger partial charge in [0.05, 0.1) is 22.7 Å². The van der Waals surface area contributed by atoms with Gasteiger partial charge in [-0.25, -0.2) is 0 Å². The fourth-order valence-corrected chi connectivity index (χ4v) is 2.81. The van der Waals surface area contributed by atoms with Crippen LogP contribution in [0, 0.1) is 0 Å². The zero-order valence-corrected chi connectivity index (χ0v) is 11.8. The van der Waals surface area contributed by atoms with Crippen molar-refractivity contribution in [2.45, 2.75) is 18.9 Å². The highest BCUT2D eigenvalue weighted by molar-refractivity contribution is 6.34. The quantitative estimate of drug-likeness (QED) is 0.888. The molecule has 20 heavy (non-hydrogen) atoms. The Kier molecular flexibility index (Phi) is 3.24. The van der Waals surface area contributed by atoms with Gasteiger partial charge in [0.1, 0.15) is 0 Å². The molecule has 2 aromatic carbocycles. The molecule has 0 saturated carbocycles. The molecule has 1 amide bonds. The van der Waals surface area contributed by atoms with Crippen LogP contribution in [0.1, 0.15) is 35.6 Å². The number of carbonyl (C=O) groups excluding carboxylic acids is 1. The van der Waals surface area contributed by atoms with E-state index in [1.807, 2.05) is 49.4 Å². The van der Waals surface area contributed by atoms with Crippen LogP contribution in [0.2, 0.25) is 5.02 Å². The van der Waals surface area contributed by atoms with Gasteiger partial charge in [-0.2, -0.15) is 0 Å². The molecular weight excluding hydrogens is 272 g/mol. The van der Waals surface area contributed by atoms with Gasteiger partial charge in [-0.15, -0.1) is 0 Å². The van der Waals surface area contributed by atoms with Crippen LogP contribution in [0.3, 0.4) is 0 Å². The van der Waals surface area contributed by atoms with Crippen LogP contribution in [0.4, 0.5) is 5.69 Å². The summed E-state index contributed by atoms with van der Waals surface area (Å²) in [5.41, 5.74) is 9.87. The van der Waals surface area contributed by atoms with Crippen molar-refractivity contribution in [2.75, 3.05) is 5.32 Å². The molecule has 0 aromatic heterocycles. The fourth-order valence-electron chi connectivity index (χ4n) is 2.53. The van der Waals surface area contributed by atoms with Gasteiger partial charge in [-0.05, 0) is 29.7 Å². The molecule has 2 atom stereocenters. The lowest BCUT2D eigenvalue weighted by Crippen LogP contribution is -2.12. The Morgan fingerprint density at radius 3 is 2.60 bits per heavy atom. The smallest absolute Gasteiger partial charge is 0.231 e. The number of rotatable bonds is 2. The number of nitrogens with one attached hydrogen (secondary N) is 1. The van der Waals surface area contributed by atoms with Gasteiger partial charge in [0.25, 0.3) is 0 Å². The maximum Gasteiger partial charge on any atom is 0.231 e. The molecular formula is C16H15ClN2O. The lowest BCUT2D eigenvalue weighted by atomic mass is 9.94. The highest BCUT2D eigenvalue weighted by Gasteiger charge is 2.29. The Balaban J connectivity index is 2.05.